The Hall–Kier alpha value is -1.47. The van der Waals surface area contributed by atoms with Gasteiger partial charge in [0.25, 0.3) is 0 Å². The van der Waals surface area contributed by atoms with Crippen LogP contribution in [0.2, 0.25) is 0 Å². The van der Waals surface area contributed by atoms with Crippen molar-refractivity contribution >= 4 is 16.8 Å². The van der Waals surface area contributed by atoms with Gasteiger partial charge in [-0.05, 0) is 43.0 Å². The summed E-state index contributed by atoms with van der Waals surface area (Å²) >= 11 is 0. The van der Waals surface area contributed by atoms with Gasteiger partial charge in [0.15, 0.2) is 0 Å². The molecule has 2 rings (SSSR count). The van der Waals surface area contributed by atoms with Crippen LogP contribution in [0.15, 0.2) is 18.2 Å². The van der Waals surface area contributed by atoms with Gasteiger partial charge in [-0.25, -0.2) is 9.18 Å². The Bertz CT molecular complexity index is 582. The SMILES string of the molecule is Cc1cc(F)ccc1C1CC(S(=O)CCO)CCN1C(N)=O. The number of carbonyl (C=O) groups is 1. The summed E-state index contributed by atoms with van der Waals surface area (Å²) in [6.07, 6.45) is 1.09. The number of aliphatic hydroxyl groups is 1. The maximum Gasteiger partial charge on any atom is 0.315 e. The quantitative estimate of drug-likeness (QED) is 0.877. The number of halogens is 1. The predicted molar refractivity (Wildman–Crippen MR) is 83.3 cm³/mol. The van der Waals surface area contributed by atoms with Gasteiger partial charge >= 0.3 is 6.03 Å². The number of nitrogens with zero attached hydrogens (tertiary/aromatic N) is 1. The molecule has 0 radical (unpaired) electrons. The van der Waals surface area contributed by atoms with Gasteiger partial charge in [0.2, 0.25) is 0 Å². The molecule has 1 heterocycles. The lowest BCUT2D eigenvalue weighted by Crippen LogP contribution is -2.46. The van der Waals surface area contributed by atoms with Gasteiger partial charge in [-0.1, -0.05) is 6.07 Å². The highest BCUT2D eigenvalue weighted by Gasteiger charge is 2.34. The first-order valence-corrected chi connectivity index (χ1v) is 8.62. The standard InChI is InChI=1S/C15H21FN2O3S/c1-10-8-11(16)2-3-13(10)14-9-12(22(21)7-6-19)4-5-18(14)15(17)20/h2-3,8,12,14,19H,4-7,9H2,1H3,(H2,17,20). The molecule has 0 spiro atoms. The molecule has 1 saturated heterocycles. The van der Waals surface area contributed by atoms with E-state index in [9.17, 15) is 13.4 Å². The third-order valence-corrected chi connectivity index (χ3v) is 5.85. The Balaban J connectivity index is 2.29. The zero-order chi connectivity index (χ0) is 16.3. The largest absolute Gasteiger partial charge is 0.395 e. The van der Waals surface area contributed by atoms with Crippen LogP contribution in [-0.4, -0.2) is 44.4 Å². The predicted octanol–water partition coefficient (Wildman–Crippen LogP) is 1.46. The maximum atomic E-state index is 13.3. The molecule has 122 valence electrons. The molecule has 1 aliphatic rings. The van der Waals surface area contributed by atoms with Crippen molar-refractivity contribution in [2.45, 2.75) is 31.1 Å². The minimum absolute atomic E-state index is 0.0998. The van der Waals surface area contributed by atoms with Crippen molar-refractivity contribution in [2.24, 2.45) is 5.73 Å². The second-order valence-electron chi connectivity index (χ2n) is 5.50. The average Bonchev–Trinajstić information content (AvgIpc) is 2.46. The molecule has 0 bridgehead atoms. The van der Waals surface area contributed by atoms with Crippen LogP contribution >= 0.6 is 0 Å². The summed E-state index contributed by atoms with van der Waals surface area (Å²) in [5.74, 6) is -0.0980. The summed E-state index contributed by atoms with van der Waals surface area (Å²) in [5.41, 5.74) is 7.02. The van der Waals surface area contributed by atoms with Gasteiger partial charge in [-0.2, -0.15) is 0 Å². The van der Waals surface area contributed by atoms with Crippen molar-refractivity contribution in [2.75, 3.05) is 18.9 Å². The molecule has 1 aliphatic heterocycles. The molecule has 5 nitrogen and oxygen atoms in total. The summed E-state index contributed by atoms with van der Waals surface area (Å²) in [7, 11) is -1.14. The fourth-order valence-electron chi connectivity index (χ4n) is 3.00. The van der Waals surface area contributed by atoms with E-state index in [-0.39, 0.29) is 29.5 Å². The molecule has 0 aromatic heterocycles. The van der Waals surface area contributed by atoms with Crippen LogP contribution in [0, 0.1) is 12.7 Å². The Morgan fingerprint density at radius 1 is 1.55 bits per heavy atom. The number of aryl methyl sites for hydroxylation is 1. The van der Waals surface area contributed by atoms with E-state index in [1.54, 1.807) is 17.9 Å². The highest BCUT2D eigenvalue weighted by atomic mass is 32.2. The van der Waals surface area contributed by atoms with Gasteiger partial charge in [-0.15, -0.1) is 0 Å². The number of nitrogens with two attached hydrogens (primary N) is 1. The smallest absolute Gasteiger partial charge is 0.315 e. The lowest BCUT2D eigenvalue weighted by molar-refractivity contribution is 0.161. The van der Waals surface area contributed by atoms with Crippen molar-refractivity contribution in [3.63, 3.8) is 0 Å². The molecule has 1 fully saturated rings. The Labute approximate surface area is 131 Å². The van der Waals surface area contributed by atoms with Crippen LogP contribution in [-0.2, 0) is 10.8 Å². The zero-order valence-corrected chi connectivity index (χ0v) is 13.3. The van der Waals surface area contributed by atoms with Gasteiger partial charge in [-0.3, -0.25) is 4.21 Å². The Kier molecular flexibility index (Phi) is 5.52. The van der Waals surface area contributed by atoms with E-state index in [1.807, 2.05) is 0 Å². The minimum Gasteiger partial charge on any atom is -0.395 e. The van der Waals surface area contributed by atoms with Crippen molar-refractivity contribution in [3.8, 4) is 0 Å². The molecule has 0 aliphatic carbocycles. The second-order valence-corrected chi connectivity index (χ2v) is 7.34. The lowest BCUT2D eigenvalue weighted by atomic mass is 9.92. The molecule has 3 unspecified atom stereocenters. The van der Waals surface area contributed by atoms with Gasteiger partial charge in [0.1, 0.15) is 5.82 Å². The fourth-order valence-corrected chi connectivity index (χ4v) is 4.28. The van der Waals surface area contributed by atoms with Crippen molar-refractivity contribution in [3.05, 3.63) is 35.1 Å². The number of rotatable bonds is 4. The van der Waals surface area contributed by atoms with Crippen molar-refractivity contribution in [1.29, 1.82) is 0 Å². The molecule has 1 aromatic carbocycles. The Morgan fingerprint density at radius 2 is 2.27 bits per heavy atom. The average molecular weight is 328 g/mol. The van der Waals surface area contributed by atoms with Gasteiger partial charge in [0.05, 0.1) is 12.6 Å². The van der Waals surface area contributed by atoms with Gasteiger partial charge < -0.3 is 15.7 Å². The summed E-state index contributed by atoms with van der Waals surface area (Å²) in [4.78, 5) is 13.2. The number of benzene rings is 1. The number of carbonyl (C=O) groups excluding carboxylic acids is 1. The summed E-state index contributed by atoms with van der Waals surface area (Å²) < 4.78 is 25.4. The third kappa shape index (κ3) is 3.64. The summed E-state index contributed by atoms with van der Waals surface area (Å²) in [5, 5.41) is 8.85. The molecule has 2 amide bonds. The van der Waals surface area contributed by atoms with Crippen molar-refractivity contribution in [1.82, 2.24) is 4.90 Å². The van der Waals surface area contributed by atoms with Crippen LogP contribution in [0.1, 0.15) is 30.0 Å². The molecule has 1 aromatic rings. The van der Waals surface area contributed by atoms with E-state index in [4.69, 9.17) is 10.8 Å². The minimum atomic E-state index is -1.14. The van der Waals surface area contributed by atoms with E-state index in [1.165, 1.54) is 12.1 Å². The van der Waals surface area contributed by atoms with Crippen LogP contribution < -0.4 is 5.73 Å². The van der Waals surface area contributed by atoms with E-state index in [0.29, 0.717) is 19.4 Å². The first-order valence-electron chi connectivity index (χ1n) is 7.24. The molecular weight excluding hydrogens is 307 g/mol. The van der Waals surface area contributed by atoms with Crippen LogP contribution in [0.25, 0.3) is 0 Å². The molecule has 3 N–H and O–H groups in total. The summed E-state index contributed by atoms with van der Waals surface area (Å²) in [6.45, 7) is 2.08. The van der Waals surface area contributed by atoms with Crippen molar-refractivity contribution < 1.29 is 18.5 Å². The molecule has 7 heteroatoms. The fraction of sp³-hybridized carbons (Fsp3) is 0.533. The number of amides is 2. The first-order chi connectivity index (χ1) is 10.4. The van der Waals surface area contributed by atoms with Crippen LogP contribution in [0.4, 0.5) is 9.18 Å². The molecule has 22 heavy (non-hydrogen) atoms. The number of aliphatic hydroxyl groups excluding tert-OH is 1. The number of primary amides is 1. The first kappa shape index (κ1) is 16.9. The molecule has 3 atom stereocenters. The zero-order valence-electron chi connectivity index (χ0n) is 12.5. The number of hydrogen-bond acceptors (Lipinski definition) is 3. The van der Waals surface area contributed by atoms with E-state index in [0.717, 1.165) is 11.1 Å². The third-order valence-electron chi connectivity index (χ3n) is 4.09. The number of hydrogen-bond donors (Lipinski definition) is 2. The molecule has 0 saturated carbocycles. The topological polar surface area (TPSA) is 83.6 Å². The molecular formula is C15H21FN2O3S. The number of piperidine rings is 1. The number of urea groups is 1. The van der Waals surface area contributed by atoms with Crippen LogP contribution in [0.5, 0.6) is 0 Å². The van der Waals surface area contributed by atoms with Gasteiger partial charge in [0, 0.05) is 28.3 Å². The lowest BCUT2D eigenvalue weighted by Gasteiger charge is -2.39. The normalized spacial score (nSPS) is 23.3. The van der Waals surface area contributed by atoms with E-state index >= 15 is 0 Å². The highest BCUT2D eigenvalue weighted by Crippen LogP contribution is 2.34. The van der Waals surface area contributed by atoms with E-state index in [2.05, 4.69) is 0 Å². The Morgan fingerprint density at radius 3 is 2.86 bits per heavy atom. The maximum absolute atomic E-state index is 13.3. The second kappa shape index (κ2) is 7.19. The van der Waals surface area contributed by atoms with E-state index < -0.39 is 16.8 Å². The summed E-state index contributed by atoms with van der Waals surface area (Å²) in [6, 6.07) is 3.60. The highest BCUT2D eigenvalue weighted by molar-refractivity contribution is 7.85. The monoisotopic (exact) mass is 328 g/mol. The van der Waals surface area contributed by atoms with Crippen LogP contribution in [0.3, 0.4) is 0 Å². The number of likely N-dealkylation sites (tertiary alicyclic amines) is 1.